The highest BCUT2D eigenvalue weighted by Crippen LogP contribution is 2.31. The predicted octanol–water partition coefficient (Wildman–Crippen LogP) is 0.283. The Labute approximate surface area is 124 Å². The number of carbonyl (C=O) groups is 2. The van der Waals surface area contributed by atoms with Gasteiger partial charge in [0.25, 0.3) is 0 Å². The number of para-hydroxylation sites is 1. The summed E-state index contributed by atoms with van der Waals surface area (Å²) in [4.78, 5) is 21.7. The smallest absolute Gasteiger partial charge is 0.220 e. The van der Waals surface area contributed by atoms with Crippen molar-refractivity contribution >= 4 is 11.9 Å². The second kappa shape index (κ2) is 8.84. The van der Waals surface area contributed by atoms with Gasteiger partial charge in [-0.15, -0.1) is 0 Å². The summed E-state index contributed by atoms with van der Waals surface area (Å²) in [6.07, 6.45) is 0.234. The molecule has 0 saturated carbocycles. The Morgan fingerprint density at radius 2 is 2.05 bits per heavy atom. The zero-order chi connectivity index (χ0) is 15.7. The van der Waals surface area contributed by atoms with Crippen LogP contribution < -0.4 is 19.9 Å². The molecular weight excluding hydrogens is 274 g/mol. The second-order valence-electron chi connectivity index (χ2n) is 4.35. The fourth-order valence-electron chi connectivity index (χ4n) is 1.87. The quantitative estimate of drug-likeness (QED) is 0.707. The van der Waals surface area contributed by atoms with Crippen molar-refractivity contribution < 1.29 is 24.2 Å². The summed E-state index contributed by atoms with van der Waals surface area (Å²) in [5.74, 6) is -0.208. The van der Waals surface area contributed by atoms with Gasteiger partial charge in [-0.2, -0.15) is 0 Å². The molecule has 6 heteroatoms. The molecule has 0 aromatic heterocycles. The number of carboxylic acid groups (broad SMARTS) is 1. The van der Waals surface area contributed by atoms with Gasteiger partial charge in [0.2, 0.25) is 5.91 Å². The van der Waals surface area contributed by atoms with Crippen molar-refractivity contribution in [1.29, 1.82) is 0 Å². The van der Waals surface area contributed by atoms with Crippen molar-refractivity contribution in [2.45, 2.75) is 26.2 Å². The zero-order valence-electron chi connectivity index (χ0n) is 12.3. The monoisotopic (exact) mass is 294 g/mol. The van der Waals surface area contributed by atoms with E-state index in [2.05, 4.69) is 5.32 Å². The summed E-state index contributed by atoms with van der Waals surface area (Å²) in [5.41, 5.74) is 0.927. The fourth-order valence-corrected chi connectivity index (χ4v) is 1.87. The lowest BCUT2D eigenvalue weighted by atomic mass is 10.1. The van der Waals surface area contributed by atoms with Gasteiger partial charge >= 0.3 is 0 Å². The van der Waals surface area contributed by atoms with Crippen LogP contribution in [0.5, 0.6) is 11.5 Å². The molecule has 6 nitrogen and oxygen atoms in total. The Morgan fingerprint density at radius 3 is 2.67 bits per heavy atom. The van der Waals surface area contributed by atoms with E-state index in [-0.39, 0.29) is 18.7 Å². The lowest BCUT2D eigenvalue weighted by Crippen LogP contribution is -2.29. The minimum atomic E-state index is -1.23. The molecule has 0 unspecified atom stereocenters. The third-order valence-corrected chi connectivity index (χ3v) is 2.84. The molecule has 0 fully saturated rings. The maximum Gasteiger partial charge on any atom is 0.220 e. The molecule has 1 aromatic rings. The average molecular weight is 294 g/mol. The maximum atomic E-state index is 11.4. The molecule has 0 aliphatic rings. The SMILES string of the molecule is CCOc1c(CCNC(=O)CCC(=O)[O-])cccc1OC. The Balaban J connectivity index is 2.55. The van der Waals surface area contributed by atoms with Crippen molar-refractivity contribution in [3.05, 3.63) is 23.8 Å². The van der Waals surface area contributed by atoms with Crippen LogP contribution in [0.25, 0.3) is 0 Å². The lowest BCUT2D eigenvalue weighted by molar-refractivity contribution is -0.305. The molecule has 0 bridgehead atoms. The normalized spacial score (nSPS) is 10.0. The predicted molar refractivity (Wildman–Crippen MR) is 75.1 cm³/mol. The van der Waals surface area contributed by atoms with Gasteiger partial charge in [0.15, 0.2) is 11.5 Å². The van der Waals surface area contributed by atoms with Crippen molar-refractivity contribution in [2.75, 3.05) is 20.3 Å². The summed E-state index contributed by atoms with van der Waals surface area (Å²) in [6.45, 7) is 2.81. The van der Waals surface area contributed by atoms with Crippen molar-refractivity contribution in [3.63, 3.8) is 0 Å². The number of aliphatic carboxylic acids is 1. The lowest BCUT2D eigenvalue weighted by Gasteiger charge is -2.14. The first kappa shape index (κ1) is 16.8. The Bertz CT molecular complexity index is 487. The summed E-state index contributed by atoms with van der Waals surface area (Å²) < 4.78 is 10.8. The standard InChI is InChI=1S/C15H21NO5/c1-3-21-15-11(5-4-6-12(15)20-2)9-10-16-13(17)7-8-14(18)19/h4-6H,3,7-10H2,1-2H3,(H,16,17)(H,18,19)/p-1. The highest BCUT2D eigenvalue weighted by atomic mass is 16.5. The summed E-state index contributed by atoms with van der Waals surface area (Å²) in [5, 5.41) is 12.9. The van der Waals surface area contributed by atoms with Crippen LogP contribution >= 0.6 is 0 Å². The Kier molecular flexibility index (Phi) is 7.08. The molecule has 1 amide bonds. The number of nitrogens with one attached hydrogen (secondary N) is 1. The molecule has 0 spiro atoms. The van der Waals surface area contributed by atoms with Crippen LogP contribution in [0.2, 0.25) is 0 Å². The van der Waals surface area contributed by atoms with E-state index in [4.69, 9.17) is 9.47 Å². The minimum Gasteiger partial charge on any atom is -0.550 e. The first-order chi connectivity index (χ1) is 10.1. The summed E-state index contributed by atoms with van der Waals surface area (Å²) >= 11 is 0. The topological polar surface area (TPSA) is 87.7 Å². The molecule has 0 saturated heterocycles. The van der Waals surface area contributed by atoms with E-state index >= 15 is 0 Å². The molecule has 0 heterocycles. The third-order valence-electron chi connectivity index (χ3n) is 2.84. The molecule has 0 atom stereocenters. The van der Waals surface area contributed by atoms with Gasteiger partial charge in [-0.1, -0.05) is 12.1 Å². The third kappa shape index (κ3) is 5.72. The average Bonchev–Trinajstić information content (AvgIpc) is 2.46. The van der Waals surface area contributed by atoms with Crippen LogP contribution in [0.3, 0.4) is 0 Å². The molecular formula is C15H20NO5-. The minimum absolute atomic E-state index is 0.0707. The number of methoxy groups -OCH3 is 1. The largest absolute Gasteiger partial charge is 0.550 e. The summed E-state index contributed by atoms with van der Waals surface area (Å²) in [7, 11) is 1.57. The Morgan fingerprint density at radius 1 is 1.29 bits per heavy atom. The van der Waals surface area contributed by atoms with Gasteiger partial charge in [-0.3, -0.25) is 4.79 Å². The first-order valence-corrected chi connectivity index (χ1v) is 6.83. The fraction of sp³-hybridized carbons (Fsp3) is 0.467. The first-order valence-electron chi connectivity index (χ1n) is 6.83. The molecule has 116 valence electrons. The molecule has 0 aliphatic heterocycles. The van der Waals surface area contributed by atoms with Crippen LogP contribution in [0.1, 0.15) is 25.3 Å². The van der Waals surface area contributed by atoms with Crippen LogP contribution in [0, 0.1) is 0 Å². The van der Waals surface area contributed by atoms with Crippen LogP contribution in [-0.2, 0) is 16.0 Å². The van der Waals surface area contributed by atoms with Crippen molar-refractivity contribution in [3.8, 4) is 11.5 Å². The van der Waals surface area contributed by atoms with E-state index in [0.29, 0.717) is 31.1 Å². The van der Waals surface area contributed by atoms with Crippen LogP contribution in [0.15, 0.2) is 18.2 Å². The number of rotatable bonds is 9. The molecule has 0 aliphatic carbocycles. The van der Waals surface area contributed by atoms with Crippen molar-refractivity contribution in [1.82, 2.24) is 5.32 Å². The number of hydrogen-bond donors (Lipinski definition) is 1. The van der Waals surface area contributed by atoms with Gasteiger partial charge in [-0.05, 0) is 31.4 Å². The Hall–Kier alpha value is -2.24. The second-order valence-corrected chi connectivity index (χ2v) is 4.35. The van der Waals surface area contributed by atoms with Gasteiger partial charge in [-0.25, -0.2) is 0 Å². The molecule has 1 aromatic carbocycles. The number of ether oxygens (including phenoxy) is 2. The number of benzene rings is 1. The molecule has 1 N–H and O–H groups in total. The molecule has 1 rings (SSSR count). The van der Waals surface area contributed by atoms with Crippen LogP contribution in [-0.4, -0.2) is 32.1 Å². The van der Waals surface area contributed by atoms with E-state index in [0.717, 1.165) is 5.56 Å². The molecule has 21 heavy (non-hydrogen) atoms. The van der Waals surface area contributed by atoms with E-state index in [1.165, 1.54) is 0 Å². The zero-order valence-corrected chi connectivity index (χ0v) is 12.3. The maximum absolute atomic E-state index is 11.4. The number of carboxylic acids is 1. The van der Waals surface area contributed by atoms with Gasteiger partial charge in [0.1, 0.15) is 0 Å². The van der Waals surface area contributed by atoms with Gasteiger partial charge in [0.05, 0.1) is 13.7 Å². The highest BCUT2D eigenvalue weighted by Gasteiger charge is 2.10. The summed E-state index contributed by atoms with van der Waals surface area (Å²) in [6, 6.07) is 5.57. The number of hydrogen-bond acceptors (Lipinski definition) is 5. The number of carbonyl (C=O) groups excluding carboxylic acids is 2. The number of amides is 1. The van der Waals surface area contributed by atoms with E-state index in [9.17, 15) is 14.7 Å². The van der Waals surface area contributed by atoms with Gasteiger partial charge < -0.3 is 24.7 Å². The van der Waals surface area contributed by atoms with E-state index < -0.39 is 5.97 Å². The van der Waals surface area contributed by atoms with Gasteiger partial charge in [0, 0.05) is 18.9 Å². The van der Waals surface area contributed by atoms with Crippen LogP contribution in [0.4, 0.5) is 0 Å². The van der Waals surface area contributed by atoms with E-state index in [1.54, 1.807) is 7.11 Å². The highest BCUT2D eigenvalue weighted by molar-refractivity contribution is 5.79. The van der Waals surface area contributed by atoms with Crippen molar-refractivity contribution in [2.24, 2.45) is 0 Å². The van der Waals surface area contributed by atoms with E-state index in [1.807, 2.05) is 25.1 Å². The molecule has 0 radical (unpaired) electrons.